The zero-order chi connectivity index (χ0) is 21.8. The molecule has 3 amide bonds. The van der Waals surface area contributed by atoms with Crippen LogP contribution in [0.15, 0.2) is 48.8 Å². The van der Waals surface area contributed by atoms with E-state index in [1.54, 1.807) is 24.3 Å². The van der Waals surface area contributed by atoms with E-state index in [2.05, 4.69) is 15.6 Å². The van der Waals surface area contributed by atoms with Crippen LogP contribution in [-0.2, 0) is 0 Å². The molecule has 3 aromatic rings. The minimum atomic E-state index is -0.822. The lowest BCUT2D eigenvalue weighted by Gasteiger charge is -2.10. The molecule has 3 rings (SSSR count). The Morgan fingerprint density at radius 2 is 1.80 bits per heavy atom. The molecule has 0 saturated heterocycles. The number of benzene rings is 2. The first-order valence-electron chi connectivity index (χ1n) is 8.71. The summed E-state index contributed by atoms with van der Waals surface area (Å²) in [6.07, 6.45) is 1.30. The second-order valence-electron chi connectivity index (χ2n) is 6.08. The van der Waals surface area contributed by atoms with Gasteiger partial charge in [-0.05, 0) is 36.4 Å². The first-order chi connectivity index (χ1) is 14.4. The molecule has 0 radical (unpaired) electrons. The van der Waals surface area contributed by atoms with Gasteiger partial charge in [-0.15, -0.1) is 0 Å². The molecule has 0 unspecified atom stereocenters. The lowest BCUT2D eigenvalue weighted by Crippen LogP contribution is -2.25. The number of rotatable bonds is 6. The maximum Gasteiger partial charge on any atom is 0.272 e. The fourth-order valence-electron chi connectivity index (χ4n) is 2.81. The van der Waals surface area contributed by atoms with Crippen molar-refractivity contribution in [3.63, 3.8) is 0 Å². The van der Waals surface area contributed by atoms with Crippen LogP contribution in [0.25, 0.3) is 5.69 Å². The Morgan fingerprint density at radius 3 is 2.40 bits per heavy atom. The number of hydrogen-bond donors (Lipinski definition) is 3. The van der Waals surface area contributed by atoms with Gasteiger partial charge in [-0.2, -0.15) is 0 Å². The average Bonchev–Trinajstić information content (AvgIpc) is 3.19. The first-order valence-corrected chi connectivity index (χ1v) is 8.71. The maximum absolute atomic E-state index is 14.3. The van der Waals surface area contributed by atoms with E-state index >= 15 is 0 Å². The Labute approximate surface area is 170 Å². The van der Waals surface area contributed by atoms with Crippen LogP contribution in [0.1, 0.15) is 31.3 Å². The van der Waals surface area contributed by atoms with Gasteiger partial charge in [-0.25, -0.2) is 9.37 Å². The predicted octanol–water partition coefficient (Wildman–Crippen LogP) is 1.73. The second kappa shape index (κ2) is 8.43. The lowest BCUT2D eigenvalue weighted by atomic mass is 10.1. The number of halogens is 1. The van der Waals surface area contributed by atoms with Crippen molar-refractivity contribution in [3.05, 3.63) is 71.6 Å². The van der Waals surface area contributed by atoms with Gasteiger partial charge in [0, 0.05) is 18.4 Å². The highest BCUT2D eigenvalue weighted by atomic mass is 19.1. The molecular formula is C20H18FN5O4. The molecule has 154 valence electrons. The second-order valence-corrected chi connectivity index (χ2v) is 6.08. The molecule has 1 heterocycles. The number of ether oxygens (including phenoxy) is 1. The molecule has 0 spiro atoms. The van der Waals surface area contributed by atoms with E-state index < -0.39 is 23.5 Å². The van der Waals surface area contributed by atoms with Gasteiger partial charge < -0.3 is 21.1 Å². The molecular weight excluding hydrogens is 393 g/mol. The van der Waals surface area contributed by atoms with E-state index in [0.717, 1.165) is 0 Å². The van der Waals surface area contributed by atoms with E-state index in [1.165, 1.54) is 43.3 Å². The zero-order valence-electron chi connectivity index (χ0n) is 16.1. The van der Waals surface area contributed by atoms with E-state index in [0.29, 0.717) is 11.4 Å². The number of hydrogen-bond acceptors (Lipinski definition) is 5. The van der Waals surface area contributed by atoms with Gasteiger partial charge in [0.15, 0.2) is 17.3 Å². The number of nitrogens with two attached hydrogens (primary N) is 1. The Kier molecular flexibility index (Phi) is 5.77. The third-order valence-corrected chi connectivity index (χ3v) is 4.27. The molecule has 0 atom stereocenters. The van der Waals surface area contributed by atoms with Crippen LogP contribution in [0.3, 0.4) is 0 Å². The highest BCUT2D eigenvalue weighted by Gasteiger charge is 2.22. The number of aromatic nitrogens is 2. The van der Waals surface area contributed by atoms with Gasteiger partial charge in [-0.3, -0.25) is 19.0 Å². The molecule has 0 aliphatic rings. The molecule has 0 fully saturated rings. The number of carbonyl (C=O) groups excluding carboxylic acids is 3. The third-order valence-electron chi connectivity index (χ3n) is 4.27. The van der Waals surface area contributed by atoms with Crippen LogP contribution >= 0.6 is 0 Å². The number of methoxy groups -OCH3 is 1. The number of carbonyl (C=O) groups is 3. The molecule has 0 aliphatic carbocycles. The smallest absolute Gasteiger partial charge is 0.272 e. The average molecular weight is 411 g/mol. The molecule has 4 N–H and O–H groups in total. The summed E-state index contributed by atoms with van der Waals surface area (Å²) in [5, 5.41) is 4.97. The highest BCUT2D eigenvalue weighted by Crippen LogP contribution is 2.22. The number of amides is 3. The predicted molar refractivity (Wildman–Crippen MR) is 106 cm³/mol. The Hall–Kier alpha value is -4.21. The molecule has 1 aromatic heterocycles. The summed E-state index contributed by atoms with van der Waals surface area (Å²) in [7, 11) is 2.72. The third kappa shape index (κ3) is 3.83. The minimum Gasteiger partial charge on any atom is -0.494 e. The van der Waals surface area contributed by atoms with Crippen molar-refractivity contribution in [2.75, 3.05) is 19.5 Å². The summed E-state index contributed by atoms with van der Waals surface area (Å²) in [5.74, 6) is -2.82. The van der Waals surface area contributed by atoms with Crippen molar-refractivity contribution in [1.29, 1.82) is 0 Å². The molecule has 30 heavy (non-hydrogen) atoms. The number of nitrogens with zero attached hydrogens (tertiary/aromatic N) is 2. The van der Waals surface area contributed by atoms with Crippen LogP contribution in [0, 0.1) is 5.82 Å². The molecule has 0 bridgehead atoms. The van der Waals surface area contributed by atoms with E-state index in [-0.39, 0.29) is 22.7 Å². The van der Waals surface area contributed by atoms with Crippen molar-refractivity contribution in [2.45, 2.75) is 0 Å². The van der Waals surface area contributed by atoms with Crippen LogP contribution in [0.2, 0.25) is 0 Å². The molecule has 2 aromatic carbocycles. The highest BCUT2D eigenvalue weighted by molar-refractivity contribution is 6.05. The standard InChI is InChI=1S/C20H18FN5O4/c1-23-20(29)16-17(18(22)27)26(10-24-16)12-8-6-11(7-9-12)25-19(28)13-4-3-5-14(30-2)15(13)21/h3-10H,1-2H3,(H2,22,27)(H,23,29)(H,25,28). The SMILES string of the molecule is CNC(=O)c1ncn(-c2ccc(NC(=O)c3cccc(OC)c3F)cc2)c1C(N)=O. The largest absolute Gasteiger partial charge is 0.494 e. The number of primary amides is 1. The van der Waals surface area contributed by atoms with Crippen molar-refractivity contribution in [3.8, 4) is 11.4 Å². The van der Waals surface area contributed by atoms with Crippen LogP contribution in [-0.4, -0.2) is 41.4 Å². The van der Waals surface area contributed by atoms with E-state index in [4.69, 9.17) is 10.5 Å². The van der Waals surface area contributed by atoms with Gasteiger partial charge in [0.05, 0.1) is 12.7 Å². The van der Waals surface area contributed by atoms with Gasteiger partial charge >= 0.3 is 0 Å². The fraction of sp³-hybridized carbons (Fsp3) is 0.100. The van der Waals surface area contributed by atoms with Gasteiger partial charge in [0.25, 0.3) is 17.7 Å². The molecule has 0 saturated carbocycles. The summed E-state index contributed by atoms with van der Waals surface area (Å²) in [6.45, 7) is 0. The van der Waals surface area contributed by atoms with Crippen molar-refractivity contribution < 1.29 is 23.5 Å². The summed E-state index contributed by atoms with van der Waals surface area (Å²) < 4.78 is 20.5. The maximum atomic E-state index is 14.3. The molecule has 9 nitrogen and oxygen atoms in total. The summed E-state index contributed by atoms with van der Waals surface area (Å²) in [4.78, 5) is 40.0. The molecule has 0 aliphatic heterocycles. The lowest BCUT2D eigenvalue weighted by molar-refractivity contribution is 0.0937. The summed E-state index contributed by atoms with van der Waals surface area (Å²) >= 11 is 0. The van der Waals surface area contributed by atoms with Crippen molar-refractivity contribution >= 4 is 23.4 Å². The van der Waals surface area contributed by atoms with Gasteiger partial charge in [0.2, 0.25) is 0 Å². The van der Waals surface area contributed by atoms with E-state index in [1.807, 2.05) is 0 Å². The first kappa shape index (κ1) is 20.5. The monoisotopic (exact) mass is 411 g/mol. The Balaban J connectivity index is 1.86. The zero-order valence-corrected chi connectivity index (χ0v) is 16.1. The normalized spacial score (nSPS) is 10.4. The summed E-state index contributed by atoms with van der Waals surface area (Å²) in [6, 6.07) is 10.5. The Morgan fingerprint density at radius 1 is 1.10 bits per heavy atom. The topological polar surface area (TPSA) is 128 Å². The van der Waals surface area contributed by atoms with E-state index in [9.17, 15) is 18.8 Å². The Bertz CT molecular complexity index is 1120. The summed E-state index contributed by atoms with van der Waals surface area (Å²) in [5.41, 5.74) is 5.93. The van der Waals surface area contributed by atoms with Crippen LogP contribution in [0.5, 0.6) is 5.75 Å². The van der Waals surface area contributed by atoms with Crippen LogP contribution < -0.4 is 21.1 Å². The van der Waals surface area contributed by atoms with Gasteiger partial charge in [-0.1, -0.05) is 6.07 Å². The quantitative estimate of drug-likeness (QED) is 0.569. The fourth-order valence-corrected chi connectivity index (χ4v) is 2.81. The number of anilines is 1. The number of imidazole rings is 1. The molecule has 10 heteroatoms. The van der Waals surface area contributed by atoms with Gasteiger partial charge in [0.1, 0.15) is 12.0 Å². The minimum absolute atomic E-state index is 0.0380. The number of nitrogens with one attached hydrogen (secondary N) is 2. The van der Waals surface area contributed by atoms with Crippen molar-refractivity contribution in [2.24, 2.45) is 5.73 Å². The van der Waals surface area contributed by atoms with Crippen molar-refractivity contribution in [1.82, 2.24) is 14.9 Å². The van der Waals surface area contributed by atoms with Crippen LogP contribution in [0.4, 0.5) is 10.1 Å².